The number of nitrogens with zero attached hydrogens (tertiary/aromatic N) is 3. The number of likely N-dealkylation sites (N-methyl/N-ethyl adjacent to an activating group) is 1. The van der Waals surface area contributed by atoms with Gasteiger partial charge in [-0.05, 0) is 39.1 Å². The van der Waals surface area contributed by atoms with Crippen molar-refractivity contribution in [2.24, 2.45) is 0 Å². The number of carbonyl (C=O) groups excluding carboxylic acids is 3. The quantitative estimate of drug-likeness (QED) is 0.564. The molecule has 2 aliphatic rings. The summed E-state index contributed by atoms with van der Waals surface area (Å²) in [6, 6.07) is 5.23. The van der Waals surface area contributed by atoms with E-state index in [1.54, 1.807) is 12.1 Å². The minimum absolute atomic E-state index is 0.121. The molecule has 0 unspecified atom stereocenters. The number of amides is 3. The third kappa shape index (κ3) is 4.73. The van der Waals surface area contributed by atoms with Crippen LogP contribution in [-0.4, -0.2) is 85.3 Å². The number of imide groups is 1. The van der Waals surface area contributed by atoms with Gasteiger partial charge in [-0.25, -0.2) is 0 Å². The second kappa shape index (κ2) is 8.63. The standard InChI is InChI=1S/C20H28N4O3/c1-15-4-5-16-17(14-15)20(27)24(19(16)26)9-6-18(25)21-7-3-8-23-12-10-22(2)11-13-23/h4-5,14H,3,6-13H2,1-2H3,(H,21,25). The summed E-state index contributed by atoms with van der Waals surface area (Å²) in [6.07, 6.45) is 1.04. The zero-order valence-corrected chi connectivity index (χ0v) is 16.2. The van der Waals surface area contributed by atoms with Crippen molar-refractivity contribution in [1.82, 2.24) is 20.0 Å². The minimum Gasteiger partial charge on any atom is -0.356 e. The molecule has 0 atom stereocenters. The number of aryl methyl sites for hydroxylation is 1. The third-order valence-electron chi connectivity index (χ3n) is 5.26. The zero-order chi connectivity index (χ0) is 19.4. The van der Waals surface area contributed by atoms with Gasteiger partial charge >= 0.3 is 0 Å². The van der Waals surface area contributed by atoms with Gasteiger partial charge in [0, 0.05) is 45.7 Å². The molecule has 0 spiro atoms. The van der Waals surface area contributed by atoms with E-state index in [0.29, 0.717) is 17.7 Å². The molecule has 7 nitrogen and oxygen atoms in total. The summed E-state index contributed by atoms with van der Waals surface area (Å²) in [4.78, 5) is 42.7. The Balaban J connectivity index is 1.37. The van der Waals surface area contributed by atoms with Gasteiger partial charge in [0.2, 0.25) is 5.91 Å². The van der Waals surface area contributed by atoms with Crippen molar-refractivity contribution in [1.29, 1.82) is 0 Å². The number of carbonyl (C=O) groups is 3. The van der Waals surface area contributed by atoms with Crippen LogP contribution in [0.3, 0.4) is 0 Å². The van der Waals surface area contributed by atoms with Crippen LogP contribution in [0.15, 0.2) is 18.2 Å². The van der Waals surface area contributed by atoms with E-state index in [9.17, 15) is 14.4 Å². The van der Waals surface area contributed by atoms with E-state index < -0.39 is 0 Å². The fraction of sp³-hybridized carbons (Fsp3) is 0.550. The molecule has 27 heavy (non-hydrogen) atoms. The molecule has 1 aromatic carbocycles. The van der Waals surface area contributed by atoms with Crippen molar-refractivity contribution in [3.8, 4) is 0 Å². The predicted octanol–water partition coefficient (Wildman–Crippen LogP) is 0.735. The zero-order valence-electron chi connectivity index (χ0n) is 16.2. The van der Waals surface area contributed by atoms with E-state index >= 15 is 0 Å². The van der Waals surface area contributed by atoms with Crippen molar-refractivity contribution < 1.29 is 14.4 Å². The number of hydrogen-bond donors (Lipinski definition) is 1. The van der Waals surface area contributed by atoms with Crippen molar-refractivity contribution >= 4 is 17.7 Å². The van der Waals surface area contributed by atoms with Gasteiger partial charge in [0.15, 0.2) is 0 Å². The topological polar surface area (TPSA) is 73.0 Å². The van der Waals surface area contributed by atoms with Gasteiger partial charge in [0.05, 0.1) is 11.1 Å². The van der Waals surface area contributed by atoms with Gasteiger partial charge in [0.25, 0.3) is 11.8 Å². The van der Waals surface area contributed by atoms with Gasteiger partial charge < -0.3 is 15.1 Å². The molecule has 1 saturated heterocycles. The summed E-state index contributed by atoms with van der Waals surface area (Å²) in [5.41, 5.74) is 1.81. The van der Waals surface area contributed by atoms with Gasteiger partial charge in [-0.3, -0.25) is 19.3 Å². The Bertz CT molecular complexity index is 726. The molecule has 1 N–H and O–H groups in total. The first-order valence-corrected chi connectivity index (χ1v) is 9.60. The van der Waals surface area contributed by atoms with E-state index in [0.717, 1.165) is 44.7 Å². The highest BCUT2D eigenvalue weighted by Crippen LogP contribution is 2.23. The maximum Gasteiger partial charge on any atom is 0.261 e. The number of rotatable bonds is 7. The Morgan fingerprint density at radius 3 is 2.48 bits per heavy atom. The average Bonchev–Trinajstić information content (AvgIpc) is 2.88. The summed E-state index contributed by atoms with van der Waals surface area (Å²) in [5, 5.41) is 2.89. The smallest absolute Gasteiger partial charge is 0.261 e. The molecule has 0 aliphatic carbocycles. The molecule has 0 bridgehead atoms. The molecule has 0 aromatic heterocycles. The van der Waals surface area contributed by atoms with Crippen molar-refractivity contribution in [2.45, 2.75) is 19.8 Å². The third-order valence-corrected chi connectivity index (χ3v) is 5.26. The number of piperazine rings is 1. The van der Waals surface area contributed by atoms with Crippen molar-refractivity contribution in [3.05, 3.63) is 34.9 Å². The van der Waals surface area contributed by atoms with Gasteiger partial charge in [-0.15, -0.1) is 0 Å². The number of benzene rings is 1. The van der Waals surface area contributed by atoms with Crippen molar-refractivity contribution in [2.75, 3.05) is 52.9 Å². The number of hydrogen-bond acceptors (Lipinski definition) is 5. The fourth-order valence-corrected chi connectivity index (χ4v) is 3.51. The molecule has 0 saturated carbocycles. The first-order valence-electron chi connectivity index (χ1n) is 9.60. The number of nitrogens with one attached hydrogen (secondary N) is 1. The van der Waals surface area contributed by atoms with E-state index in [4.69, 9.17) is 0 Å². The highest BCUT2D eigenvalue weighted by molar-refractivity contribution is 6.21. The summed E-state index contributed by atoms with van der Waals surface area (Å²) < 4.78 is 0. The van der Waals surface area contributed by atoms with Crippen LogP contribution in [0.2, 0.25) is 0 Å². The SMILES string of the molecule is Cc1ccc2c(c1)C(=O)N(CCC(=O)NCCCN1CCN(C)CC1)C2=O. The van der Waals surface area contributed by atoms with E-state index in [-0.39, 0.29) is 30.7 Å². The fourth-order valence-electron chi connectivity index (χ4n) is 3.51. The van der Waals surface area contributed by atoms with Crippen LogP contribution >= 0.6 is 0 Å². The van der Waals surface area contributed by atoms with Gasteiger partial charge in [-0.1, -0.05) is 11.6 Å². The molecule has 3 rings (SSSR count). The van der Waals surface area contributed by atoms with E-state index in [1.807, 2.05) is 13.0 Å². The van der Waals surface area contributed by atoms with E-state index in [2.05, 4.69) is 22.2 Å². The first kappa shape index (κ1) is 19.5. The Morgan fingerprint density at radius 2 is 1.74 bits per heavy atom. The van der Waals surface area contributed by atoms with Crippen LogP contribution in [0.1, 0.15) is 39.1 Å². The highest BCUT2D eigenvalue weighted by atomic mass is 16.2. The normalized spacial score (nSPS) is 18.1. The van der Waals surface area contributed by atoms with Crippen LogP contribution in [0.4, 0.5) is 0 Å². The lowest BCUT2D eigenvalue weighted by Gasteiger charge is -2.32. The van der Waals surface area contributed by atoms with Crippen LogP contribution < -0.4 is 5.32 Å². The molecule has 2 heterocycles. The van der Waals surface area contributed by atoms with Crippen LogP contribution in [-0.2, 0) is 4.79 Å². The summed E-state index contributed by atoms with van der Waals surface area (Å²) in [7, 11) is 2.13. The molecule has 146 valence electrons. The molecular formula is C20H28N4O3. The Labute approximate surface area is 160 Å². The Kier molecular flexibility index (Phi) is 6.23. The molecule has 2 aliphatic heterocycles. The van der Waals surface area contributed by atoms with Gasteiger partial charge in [-0.2, -0.15) is 0 Å². The Morgan fingerprint density at radius 1 is 1.04 bits per heavy atom. The lowest BCUT2D eigenvalue weighted by atomic mass is 10.1. The monoisotopic (exact) mass is 372 g/mol. The molecule has 1 fully saturated rings. The largest absolute Gasteiger partial charge is 0.356 e. The van der Waals surface area contributed by atoms with Gasteiger partial charge in [0.1, 0.15) is 0 Å². The van der Waals surface area contributed by atoms with Crippen LogP contribution in [0.5, 0.6) is 0 Å². The van der Waals surface area contributed by atoms with E-state index in [1.165, 1.54) is 4.90 Å². The molecule has 7 heteroatoms. The highest BCUT2D eigenvalue weighted by Gasteiger charge is 2.35. The number of fused-ring (bicyclic) bond motifs is 1. The Hall–Kier alpha value is -2.25. The average molecular weight is 372 g/mol. The molecule has 0 radical (unpaired) electrons. The minimum atomic E-state index is -0.308. The van der Waals surface area contributed by atoms with Crippen molar-refractivity contribution in [3.63, 3.8) is 0 Å². The predicted molar refractivity (Wildman–Crippen MR) is 103 cm³/mol. The lowest BCUT2D eigenvalue weighted by molar-refractivity contribution is -0.121. The molecular weight excluding hydrogens is 344 g/mol. The maximum atomic E-state index is 12.4. The summed E-state index contributed by atoms with van der Waals surface area (Å²) in [5.74, 6) is -0.736. The van der Waals surface area contributed by atoms with Crippen LogP contribution in [0.25, 0.3) is 0 Å². The molecule has 1 aromatic rings. The second-order valence-corrected chi connectivity index (χ2v) is 7.41. The molecule has 3 amide bonds. The maximum absolute atomic E-state index is 12.4. The summed E-state index contributed by atoms with van der Waals surface area (Å²) >= 11 is 0. The van der Waals surface area contributed by atoms with Crippen LogP contribution in [0, 0.1) is 6.92 Å². The lowest BCUT2D eigenvalue weighted by Crippen LogP contribution is -2.45. The summed E-state index contributed by atoms with van der Waals surface area (Å²) in [6.45, 7) is 7.93. The second-order valence-electron chi connectivity index (χ2n) is 7.41. The first-order chi connectivity index (χ1) is 13.0.